The molecule has 0 saturated heterocycles. The Labute approximate surface area is 130 Å². The maximum atomic E-state index is 13.3. The van der Waals surface area contributed by atoms with E-state index in [1.165, 1.54) is 23.5 Å². The van der Waals surface area contributed by atoms with E-state index in [0.29, 0.717) is 0 Å². The predicted octanol–water partition coefficient (Wildman–Crippen LogP) is 4.04. The summed E-state index contributed by atoms with van der Waals surface area (Å²) in [6, 6.07) is 4.58. The molecule has 20 heavy (non-hydrogen) atoms. The molecule has 0 spiro atoms. The smallest absolute Gasteiger partial charge is 0.149 e. The van der Waals surface area contributed by atoms with Gasteiger partial charge in [0.25, 0.3) is 0 Å². The van der Waals surface area contributed by atoms with Crippen molar-refractivity contribution in [1.82, 2.24) is 15.5 Å². The van der Waals surface area contributed by atoms with E-state index < -0.39 is 0 Å². The molecule has 0 radical (unpaired) electrons. The second kappa shape index (κ2) is 6.28. The van der Waals surface area contributed by atoms with Gasteiger partial charge >= 0.3 is 0 Å². The van der Waals surface area contributed by atoms with E-state index >= 15 is 0 Å². The molecule has 108 valence electrons. The molecule has 2 aromatic rings. The van der Waals surface area contributed by atoms with E-state index in [2.05, 4.69) is 52.2 Å². The highest BCUT2D eigenvalue weighted by molar-refractivity contribution is 9.10. The molecule has 1 aromatic heterocycles. The zero-order valence-corrected chi connectivity index (χ0v) is 14.1. The molecule has 1 aromatic carbocycles. The third-order valence-corrected chi connectivity index (χ3v) is 4.33. The van der Waals surface area contributed by atoms with Gasteiger partial charge in [-0.25, -0.2) is 4.39 Å². The topological polar surface area (TPSA) is 37.8 Å². The minimum Gasteiger partial charge on any atom is -0.312 e. The van der Waals surface area contributed by atoms with Crippen LogP contribution in [-0.4, -0.2) is 22.3 Å². The highest BCUT2D eigenvalue weighted by atomic mass is 79.9. The molecule has 1 heterocycles. The first-order valence-electron chi connectivity index (χ1n) is 6.38. The van der Waals surface area contributed by atoms with Crippen molar-refractivity contribution in [2.45, 2.75) is 32.7 Å². The highest BCUT2D eigenvalue weighted by Crippen LogP contribution is 2.31. The molecule has 1 N–H and O–H groups in total. The van der Waals surface area contributed by atoms with Crippen LogP contribution in [0.15, 0.2) is 22.7 Å². The lowest BCUT2D eigenvalue weighted by atomic mass is 10.1. The van der Waals surface area contributed by atoms with Gasteiger partial charge in [0, 0.05) is 28.5 Å². The quantitative estimate of drug-likeness (QED) is 0.897. The number of nitrogens with one attached hydrogen (secondary N) is 1. The number of nitrogens with zero attached hydrogens (tertiary/aromatic N) is 2. The molecule has 0 aliphatic rings. The number of benzene rings is 1. The first-order chi connectivity index (χ1) is 9.35. The highest BCUT2D eigenvalue weighted by Gasteiger charge is 2.12. The summed E-state index contributed by atoms with van der Waals surface area (Å²) < 4.78 is 14.1. The average molecular weight is 358 g/mol. The Balaban J connectivity index is 2.07. The summed E-state index contributed by atoms with van der Waals surface area (Å²) in [5.41, 5.74) is 0.844. The average Bonchev–Trinajstić information content (AvgIpc) is 2.79. The molecule has 0 unspecified atom stereocenters. The van der Waals surface area contributed by atoms with Crippen LogP contribution >= 0.6 is 27.3 Å². The van der Waals surface area contributed by atoms with Gasteiger partial charge in [-0.15, -0.1) is 10.2 Å². The summed E-state index contributed by atoms with van der Waals surface area (Å²) in [5, 5.41) is 13.4. The monoisotopic (exact) mass is 357 g/mol. The summed E-state index contributed by atoms with van der Waals surface area (Å²) >= 11 is 4.92. The van der Waals surface area contributed by atoms with Crippen molar-refractivity contribution in [3.63, 3.8) is 0 Å². The Bertz CT molecular complexity index is 592. The fraction of sp³-hybridized carbons (Fsp3) is 0.429. The first kappa shape index (κ1) is 15.5. The molecule has 3 nitrogen and oxygen atoms in total. The molecule has 0 amide bonds. The van der Waals surface area contributed by atoms with Crippen LogP contribution in [-0.2, 0) is 6.42 Å². The van der Waals surface area contributed by atoms with Crippen molar-refractivity contribution < 1.29 is 4.39 Å². The Morgan fingerprint density at radius 3 is 2.75 bits per heavy atom. The largest absolute Gasteiger partial charge is 0.312 e. The molecule has 0 saturated carbocycles. The minimum atomic E-state index is -0.269. The van der Waals surface area contributed by atoms with Crippen molar-refractivity contribution in [2.75, 3.05) is 6.54 Å². The van der Waals surface area contributed by atoms with Crippen LogP contribution in [0.25, 0.3) is 10.6 Å². The molecular formula is C14H17BrFN3S. The van der Waals surface area contributed by atoms with Gasteiger partial charge in [0.2, 0.25) is 0 Å². The minimum absolute atomic E-state index is 0.0963. The van der Waals surface area contributed by atoms with Gasteiger partial charge in [-0.3, -0.25) is 0 Å². The summed E-state index contributed by atoms with van der Waals surface area (Å²) in [6.07, 6.45) is 0.821. The van der Waals surface area contributed by atoms with Crippen molar-refractivity contribution in [3.8, 4) is 10.6 Å². The van der Waals surface area contributed by atoms with Gasteiger partial charge in [-0.1, -0.05) is 27.3 Å². The van der Waals surface area contributed by atoms with Crippen molar-refractivity contribution in [2.24, 2.45) is 0 Å². The predicted molar refractivity (Wildman–Crippen MR) is 84.5 cm³/mol. The van der Waals surface area contributed by atoms with Gasteiger partial charge in [-0.2, -0.15) is 0 Å². The van der Waals surface area contributed by atoms with Crippen LogP contribution < -0.4 is 5.32 Å². The maximum Gasteiger partial charge on any atom is 0.149 e. The molecule has 0 fully saturated rings. The SMILES string of the molecule is CC(C)(C)NCCc1nnc(-c2cc(F)ccc2Br)s1. The summed E-state index contributed by atoms with van der Waals surface area (Å²) in [6.45, 7) is 7.23. The number of aromatic nitrogens is 2. The van der Waals surface area contributed by atoms with Crippen molar-refractivity contribution >= 4 is 27.3 Å². The van der Waals surface area contributed by atoms with Crippen molar-refractivity contribution in [3.05, 3.63) is 33.5 Å². The fourth-order valence-electron chi connectivity index (χ4n) is 1.67. The van der Waals surface area contributed by atoms with Crippen LogP contribution in [0.1, 0.15) is 25.8 Å². The van der Waals surface area contributed by atoms with Gasteiger partial charge in [-0.05, 0) is 39.0 Å². The number of hydrogen-bond acceptors (Lipinski definition) is 4. The molecule has 0 bridgehead atoms. The molecule has 0 aliphatic heterocycles. The van der Waals surface area contributed by atoms with E-state index in [9.17, 15) is 4.39 Å². The zero-order valence-electron chi connectivity index (χ0n) is 11.7. The van der Waals surface area contributed by atoms with E-state index in [1.807, 2.05) is 0 Å². The number of rotatable bonds is 4. The lowest BCUT2D eigenvalue weighted by Crippen LogP contribution is -2.37. The van der Waals surface area contributed by atoms with Crippen LogP contribution in [0.2, 0.25) is 0 Å². The molecule has 0 aliphatic carbocycles. The van der Waals surface area contributed by atoms with Crippen LogP contribution in [0, 0.1) is 5.82 Å². The molecule has 2 rings (SSSR count). The standard InChI is InChI=1S/C14H17BrFN3S/c1-14(2,3)17-7-6-12-18-19-13(20-12)10-8-9(16)4-5-11(10)15/h4-5,8,17H,6-7H2,1-3H3. The molecule has 6 heteroatoms. The van der Waals surface area contributed by atoms with Crippen LogP contribution in [0.3, 0.4) is 0 Å². The fourth-order valence-corrected chi connectivity index (χ4v) is 3.10. The normalized spacial score (nSPS) is 11.8. The summed E-state index contributed by atoms with van der Waals surface area (Å²) in [5.74, 6) is -0.269. The van der Waals surface area contributed by atoms with E-state index in [1.54, 1.807) is 6.07 Å². The number of halogens is 2. The lowest BCUT2D eigenvalue weighted by molar-refractivity contribution is 0.429. The van der Waals surface area contributed by atoms with Gasteiger partial charge in [0.15, 0.2) is 0 Å². The maximum absolute atomic E-state index is 13.3. The summed E-state index contributed by atoms with van der Waals surface area (Å²) in [7, 11) is 0. The lowest BCUT2D eigenvalue weighted by Gasteiger charge is -2.19. The van der Waals surface area contributed by atoms with Crippen molar-refractivity contribution in [1.29, 1.82) is 0 Å². The Morgan fingerprint density at radius 1 is 1.30 bits per heavy atom. The van der Waals surface area contributed by atoms with Gasteiger partial charge < -0.3 is 5.32 Å². The number of hydrogen-bond donors (Lipinski definition) is 1. The van der Waals surface area contributed by atoms with Gasteiger partial charge in [0.1, 0.15) is 15.8 Å². The second-order valence-corrected chi connectivity index (χ2v) is 7.47. The van der Waals surface area contributed by atoms with Crippen LogP contribution in [0.4, 0.5) is 4.39 Å². The van der Waals surface area contributed by atoms with Crippen LogP contribution in [0.5, 0.6) is 0 Å². The second-order valence-electron chi connectivity index (χ2n) is 5.55. The van der Waals surface area contributed by atoms with E-state index in [4.69, 9.17) is 0 Å². The Kier molecular flexibility index (Phi) is 4.88. The van der Waals surface area contributed by atoms with E-state index in [0.717, 1.165) is 33.0 Å². The van der Waals surface area contributed by atoms with E-state index in [-0.39, 0.29) is 11.4 Å². The first-order valence-corrected chi connectivity index (χ1v) is 7.99. The van der Waals surface area contributed by atoms with Gasteiger partial charge in [0.05, 0.1) is 0 Å². The Hall–Kier alpha value is -0.850. The molecule has 0 atom stereocenters. The Morgan fingerprint density at radius 2 is 2.05 bits per heavy atom. The summed E-state index contributed by atoms with van der Waals surface area (Å²) in [4.78, 5) is 0. The third kappa shape index (κ3) is 4.33. The molecular weight excluding hydrogens is 341 g/mol. The zero-order chi connectivity index (χ0) is 14.8. The third-order valence-electron chi connectivity index (χ3n) is 2.62.